The highest BCUT2D eigenvalue weighted by molar-refractivity contribution is 7.21. The average molecular weight is 439 g/mol. The van der Waals surface area contributed by atoms with Crippen LogP contribution in [0.5, 0.6) is 5.75 Å². The largest absolute Gasteiger partial charge is 0.491 e. The molecule has 0 radical (unpaired) electrons. The number of ether oxygens (including phenoxy) is 1. The highest BCUT2D eigenvalue weighted by Crippen LogP contribution is 2.43. The van der Waals surface area contributed by atoms with Gasteiger partial charge in [-0.1, -0.05) is 30.3 Å². The molecule has 0 bridgehead atoms. The van der Waals surface area contributed by atoms with Crippen LogP contribution < -0.4 is 26.4 Å². The van der Waals surface area contributed by atoms with E-state index in [-0.39, 0.29) is 11.8 Å². The van der Waals surface area contributed by atoms with Gasteiger partial charge in [0.05, 0.1) is 16.0 Å². The number of carbonyl (C=O) groups is 1. The molecule has 0 atom stereocenters. The maximum absolute atomic E-state index is 12.1. The molecule has 164 valence electrons. The van der Waals surface area contributed by atoms with Crippen molar-refractivity contribution in [2.75, 3.05) is 36.9 Å². The van der Waals surface area contributed by atoms with Crippen molar-refractivity contribution in [1.82, 2.24) is 5.32 Å². The summed E-state index contributed by atoms with van der Waals surface area (Å²) in [6.07, 6.45) is 1.95. The fourth-order valence-corrected chi connectivity index (χ4v) is 5.05. The highest BCUT2D eigenvalue weighted by atomic mass is 32.1. The van der Waals surface area contributed by atoms with Gasteiger partial charge in [0, 0.05) is 55.6 Å². The summed E-state index contributed by atoms with van der Waals surface area (Å²) in [6, 6.07) is 14.7. The molecule has 1 aliphatic heterocycles. The Bertz CT molecular complexity index is 1040. The topological polar surface area (TPSA) is 93.6 Å². The monoisotopic (exact) mass is 438 g/mol. The van der Waals surface area contributed by atoms with Gasteiger partial charge in [0.25, 0.3) is 0 Å². The number of Topliss-reactive ketones (excluding diaryl/α,β-unsaturated/α-hetero) is 1. The fraction of sp³-hybridized carbons (Fsp3) is 0.375. The van der Waals surface area contributed by atoms with Crippen molar-refractivity contribution >= 4 is 38.6 Å². The van der Waals surface area contributed by atoms with Crippen LogP contribution in [0.3, 0.4) is 0 Å². The van der Waals surface area contributed by atoms with E-state index in [1.807, 2.05) is 18.2 Å². The first kappa shape index (κ1) is 21.6. The number of piperidine rings is 1. The lowest BCUT2D eigenvalue weighted by Crippen LogP contribution is -2.39. The van der Waals surface area contributed by atoms with Gasteiger partial charge in [0.15, 0.2) is 5.78 Å². The van der Waals surface area contributed by atoms with Gasteiger partial charge in [-0.05, 0) is 24.5 Å². The lowest BCUT2D eigenvalue weighted by atomic mass is 10.0. The number of nitrogens with zero attached hydrogens (tertiary/aromatic N) is 1. The first-order chi connectivity index (χ1) is 15.0. The minimum Gasteiger partial charge on any atom is -0.491 e. The van der Waals surface area contributed by atoms with Crippen LogP contribution in [0.4, 0.5) is 11.4 Å². The first-order valence-electron chi connectivity index (χ1n) is 10.8. The van der Waals surface area contributed by atoms with Crippen LogP contribution in [-0.2, 0) is 6.54 Å². The standard InChI is InChI=1S/C24H30N4O2S/c1-16(29)24-23(26)22-20(30-12-9-27-15-17-5-3-2-4-6-17)13-19(14-21(22)31-24)28-10-7-18(25)8-11-28/h2-6,13-14,18,27H,7-12,15,25-26H2,1H3. The van der Waals surface area contributed by atoms with E-state index in [0.29, 0.717) is 23.7 Å². The summed E-state index contributed by atoms with van der Waals surface area (Å²) in [5.74, 6) is 0.727. The zero-order valence-corrected chi connectivity index (χ0v) is 18.7. The SMILES string of the molecule is CC(=O)c1sc2cc(N3CCC(N)CC3)cc(OCCNCc3ccccc3)c2c1N. The van der Waals surface area contributed by atoms with Crippen molar-refractivity contribution in [1.29, 1.82) is 0 Å². The first-order valence-corrected chi connectivity index (χ1v) is 11.6. The number of hydrogen-bond acceptors (Lipinski definition) is 7. The summed E-state index contributed by atoms with van der Waals surface area (Å²) in [5, 5.41) is 4.25. The number of nitrogens with one attached hydrogen (secondary N) is 1. The van der Waals surface area contributed by atoms with Gasteiger partial charge in [0.2, 0.25) is 0 Å². The maximum Gasteiger partial charge on any atom is 0.171 e. The molecular weight excluding hydrogens is 408 g/mol. The van der Waals surface area contributed by atoms with Crippen LogP contribution in [0, 0.1) is 0 Å². The number of carbonyl (C=O) groups excluding carboxylic acids is 1. The molecule has 6 nitrogen and oxygen atoms in total. The predicted molar refractivity (Wildman–Crippen MR) is 129 cm³/mol. The molecule has 0 saturated carbocycles. The molecule has 1 fully saturated rings. The van der Waals surface area contributed by atoms with E-state index in [2.05, 4.69) is 34.5 Å². The summed E-state index contributed by atoms with van der Waals surface area (Å²) in [7, 11) is 0. The van der Waals surface area contributed by atoms with E-state index in [0.717, 1.165) is 54.0 Å². The van der Waals surface area contributed by atoms with Crippen LogP contribution in [0.15, 0.2) is 42.5 Å². The van der Waals surface area contributed by atoms with Crippen molar-refractivity contribution in [2.24, 2.45) is 5.73 Å². The molecule has 7 heteroatoms. The average Bonchev–Trinajstić information content (AvgIpc) is 3.11. The van der Waals surface area contributed by atoms with Crippen LogP contribution >= 0.6 is 11.3 Å². The molecule has 5 N–H and O–H groups in total. The quantitative estimate of drug-likeness (QED) is 0.366. The molecule has 0 unspecified atom stereocenters. The molecular formula is C24H30N4O2S. The molecule has 1 aromatic heterocycles. The third kappa shape index (κ3) is 5.01. The number of fused-ring (bicyclic) bond motifs is 1. The molecule has 1 saturated heterocycles. The van der Waals surface area contributed by atoms with Gasteiger partial charge >= 0.3 is 0 Å². The van der Waals surface area contributed by atoms with E-state index < -0.39 is 0 Å². The summed E-state index contributed by atoms with van der Waals surface area (Å²) in [5.41, 5.74) is 15.3. The minimum absolute atomic E-state index is 0.0142. The van der Waals surface area contributed by atoms with Crippen LogP contribution in [0.25, 0.3) is 10.1 Å². The summed E-state index contributed by atoms with van der Waals surface area (Å²) in [4.78, 5) is 15.0. The summed E-state index contributed by atoms with van der Waals surface area (Å²) < 4.78 is 7.17. The Morgan fingerprint density at radius 1 is 1.23 bits per heavy atom. The summed E-state index contributed by atoms with van der Waals surface area (Å²) in [6.45, 7) is 5.42. The second-order valence-corrected chi connectivity index (χ2v) is 9.11. The molecule has 0 amide bonds. The van der Waals surface area contributed by atoms with Gasteiger partial charge in [-0.3, -0.25) is 4.79 Å². The maximum atomic E-state index is 12.1. The van der Waals surface area contributed by atoms with Crippen molar-refractivity contribution in [3.05, 3.63) is 52.9 Å². The normalized spacial score (nSPS) is 14.8. The van der Waals surface area contributed by atoms with Crippen molar-refractivity contribution < 1.29 is 9.53 Å². The summed E-state index contributed by atoms with van der Waals surface area (Å²) >= 11 is 1.44. The second-order valence-electron chi connectivity index (χ2n) is 8.05. The molecule has 0 spiro atoms. The number of benzene rings is 2. The molecule has 1 aliphatic rings. The third-order valence-corrected chi connectivity index (χ3v) is 6.96. The Balaban J connectivity index is 1.52. The number of hydrogen-bond donors (Lipinski definition) is 3. The van der Waals surface area contributed by atoms with Gasteiger partial charge in [-0.2, -0.15) is 0 Å². The third-order valence-electron chi connectivity index (χ3n) is 5.71. The Hall–Kier alpha value is -2.61. The van der Waals surface area contributed by atoms with E-state index >= 15 is 0 Å². The van der Waals surface area contributed by atoms with Crippen LogP contribution in [0.1, 0.15) is 35.0 Å². The van der Waals surface area contributed by atoms with E-state index in [9.17, 15) is 4.79 Å². The lowest BCUT2D eigenvalue weighted by Gasteiger charge is -2.32. The Morgan fingerprint density at radius 3 is 2.68 bits per heavy atom. The Labute approximate surface area is 187 Å². The van der Waals surface area contributed by atoms with Crippen molar-refractivity contribution in [3.8, 4) is 5.75 Å². The Kier molecular flexibility index (Phi) is 6.75. The van der Waals surface area contributed by atoms with Crippen molar-refractivity contribution in [2.45, 2.75) is 32.4 Å². The predicted octanol–water partition coefficient (Wildman–Crippen LogP) is 3.78. The molecule has 3 aromatic rings. The van der Waals surface area contributed by atoms with E-state index in [1.165, 1.54) is 16.9 Å². The number of anilines is 2. The zero-order chi connectivity index (χ0) is 21.8. The molecule has 31 heavy (non-hydrogen) atoms. The minimum atomic E-state index is -0.0142. The molecule has 2 heterocycles. The van der Waals surface area contributed by atoms with E-state index in [4.69, 9.17) is 16.2 Å². The molecule has 4 rings (SSSR count). The number of ketones is 1. The van der Waals surface area contributed by atoms with Gasteiger partial charge in [-0.25, -0.2) is 0 Å². The second kappa shape index (κ2) is 9.68. The zero-order valence-electron chi connectivity index (χ0n) is 17.9. The fourth-order valence-electron chi connectivity index (χ4n) is 3.98. The van der Waals surface area contributed by atoms with Crippen LogP contribution in [0.2, 0.25) is 0 Å². The van der Waals surface area contributed by atoms with Crippen LogP contribution in [-0.4, -0.2) is 38.1 Å². The van der Waals surface area contributed by atoms with Crippen molar-refractivity contribution in [3.63, 3.8) is 0 Å². The van der Waals surface area contributed by atoms with Gasteiger partial charge in [-0.15, -0.1) is 11.3 Å². The Morgan fingerprint density at radius 2 is 1.97 bits per heavy atom. The number of nitrogen functional groups attached to an aromatic ring is 1. The number of rotatable bonds is 8. The molecule has 0 aliphatic carbocycles. The molecule has 2 aromatic carbocycles. The lowest BCUT2D eigenvalue weighted by molar-refractivity contribution is 0.102. The van der Waals surface area contributed by atoms with E-state index in [1.54, 1.807) is 6.92 Å². The number of nitrogens with two attached hydrogens (primary N) is 2. The van der Waals surface area contributed by atoms with Gasteiger partial charge in [0.1, 0.15) is 12.4 Å². The number of thiophene rings is 1. The van der Waals surface area contributed by atoms with Gasteiger partial charge < -0.3 is 26.4 Å². The smallest absolute Gasteiger partial charge is 0.171 e. The highest BCUT2D eigenvalue weighted by Gasteiger charge is 2.22.